The van der Waals surface area contributed by atoms with Crippen LogP contribution in [0.2, 0.25) is 0 Å². The molecule has 2 nitrogen and oxygen atoms in total. The van der Waals surface area contributed by atoms with Crippen LogP contribution in [0.3, 0.4) is 0 Å². The van der Waals surface area contributed by atoms with Crippen LogP contribution in [0.5, 0.6) is 0 Å². The summed E-state index contributed by atoms with van der Waals surface area (Å²) in [5.41, 5.74) is 6.45. The van der Waals surface area contributed by atoms with E-state index >= 15 is 0 Å². The molecule has 0 aromatic rings. The summed E-state index contributed by atoms with van der Waals surface area (Å²) in [6, 6.07) is 0.317. The van der Waals surface area contributed by atoms with E-state index in [-0.39, 0.29) is 5.41 Å². The van der Waals surface area contributed by atoms with Gasteiger partial charge in [0.25, 0.3) is 0 Å². The molecule has 0 amide bonds. The minimum Gasteiger partial charge on any atom is -0.326 e. The van der Waals surface area contributed by atoms with Crippen molar-refractivity contribution in [3.63, 3.8) is 0 Å². The van der Waals surface area contributed by atoms with E-state index in [0.717, 1.165) is 18.4 Å². The van der Waals surface area contributed by atoms with Gasteiger partial charge in [-0.3, -0.25) is 0 Å². The molecule has 2 unspecified atom stereocenters. The van der Waals surface area contributed by atoms with Crippen LogP contribution < -0.4 is 5.73 Å². The second kappa shape index (κ2) is 3.49. The molecule has 0 aromatic heterocycles. The Hall–Kier alpha value is -0.0800. The van der Waals surface area contributed by atoms with E-state index in [1.165, 1.54) is 25.9 Å². The summed E-state index contributed by atoms with van der Waals surface area (Å²) in [5, 5.41) is 0. The fraction of sp³-hybridized carbons (Fsp3) is 1.00. The van der Waals surface area contributed by atoms with E-state index in [1.54, 1.807) is 0 Å². The molecule has 1 saturated heterocycles. The highest BCUT2D eigenvalue weighted by atomic mass is 15.2. The molecule has 2 N–H and O–H groups in total. The Morgan fingerprint density at radius 1 is 1.36 bits per heavy atom. The fourth-order valence-corrected chi connectivity index (χ4v) is 2.38. The van der Waals surface area contributed by atoms with E-state index in [4.69, 9.17) is 5.73 Å². The first-order valence-electron chi connectivity index (χ1n) is 5.95. The molecule has 3 atom stereocenters. The average molecular weight is 196 g/mol. The first-order chi connectivity index (χ1) is 6.47. The Bertz CT molecular complexity index is 207. The molecule has 0 spiro atoms. The SMILES string of the molecule is CC(C)(C)[C@@H](N)CN1CCC2CC2C1. The summed E-state index contributed by atoms with van der Waals surface area (Å²) in [6.07, 6.45) is 2.91. The molecule has 1 heterocycles. The van der Waals surface area contributed by atoms with Crippen molar-refractivity contribution in [3.8, 4) is 0 Å². The monoisotopic (exact) mass is 196 g/mol. The van der Waals surface area contributed by atoms with Gasteiger partial charge in [0.1, 0.15) is 0 Å². The summed E-state index contributed by atoms with van der Waals surface area (Å²) >= 11 is 0. The Balaban J connectivity index is 1.79. The van der Waals surface area contributed by atoms with Crippen LogP contribution in [-0.4, -0.2) is 30.6 Å². The van der Waals surface area contributed by atoms with Crippen molar-refractivity contribution in [2.45, 2.75) is 39.7 Å². The van der Waals surface area contributed by atoms with Gasteiger partial charge in [-0.2, -0.15) is 0 Å². The smallest absolute Gasteiger partial charge is 0.0217 e. The highest BCUT2D eigenvalue weighted by Crippen LogP contribution is 2.44. The van der Waals surface area contributed by atoms with E-state index in [1.807, 2.05) is 0 Å². The predicted molar refractivity (Wildman–Crippen MR) is 60.1 cm³/mol. The maximum Gasteiger partial charge on any atom is 0.0217 e. The van der Waals surface area contributed by atoms with Gasteiger partial charge in [-0.15, -0.1) is 0 Å². The standard InChI is InChI=1S/C12H24N2/c1-12(2,3)11(13)8-14-5-4-9-6-10(9)7-14/h9-11H,4-8,13H2,1-3H3/t9?,10?,11-/m0/s1. The third-order valence-electron chi connectivity index (χ3n) is 3.95. The van der Waals surface area contributed by atoms with Gasteiger partial charge < -0.3 is 10.6 Å². The van der Waals surface area contributed by atoms with Crippen molar-refractivity contribution in [1.82, 2.24) is 4.90 Å². The van der Waals surface area contributed by atoms with Gasteiger partial charge in [-0.05, 0) is 36.6 Å². The molecule has 2 aliphatic rings. The number of hydrogen-bond donors (Lipinski definition) is 1. The van der Waals surface area contributed by atoms with Crippen molar-refractivity contribution >= 4 is 0 Å². The lowest BCUT2D eigenvalue weighted by atomic mass is 9.87. The Labute approximate surface area is 87.8 Å². The molecule has 1 aliphatic heterocycles. The zero-order valence-electron chi connectivity index (χ0n) is 9.79. The molecule has 1 aliphatic carbocycles. The van der Waals surface area contributed by atoms with Gasteiger partial charge in [0.2, 0.25) is 0 Å². The number of nitrogens with zero attached hydrogens (tertiary/aromatic N) is 1. The van der Waals surface area contributed by atoms with Crippen molar-refractivity contribution in [3.05, 3.63) is 0 Å². The lowest BCUT2D eigenvalue weighted by Gasteiger charge is -2.34. The molecule has 2 fully saturated rings. The number of nitrogens with two attached hydrogens (primary N) is 1. The third-order valence-corrected chi connectivity index (χ3v) is 3.95. The number of piperidine rings is 1. The Morgan fingerprint density at radius 3 is 2.64 bits per heavy atom. The first kappa shape index (κ1) is 10.4. The molecule has 0 aromatic carbocycles. The van der Waals surface area contributed by atoms with Crippen LogP contribution in [0.25, 0.3) is 0 Å². The van der Waals surface area contributed by atoms with E-state index in [0.29, 0.717) is 6.04 Å². The fourth-order valence-electron chi connectivity index (χ4n) is 2.38. The molecule has 2 heteroatoms. The summed E-state index contributed by atoms with van der Waals surface area (Å²) in [7, 11) is 0. The molecule has 14 heavy (non-hydrogen) atoms. The summed E-state index contributed by atoms with van der Waals surface area (Å²) < 4.78 is 0. The average Bonchev–Trinajstić information content (AvgIpc) is 2.80. The van der Waals surface area contributed by atoms with Crippen LogP contribution in [-0.2, 0) is 0 Å². The zero-order valence-corrected chi connectivity index (χ0v) is 9.79. The Kier molecular flexibility index (Phi) is 2.61. The van der Waals surface area contributed by atoms with Gasteiger partial charge in [-0.25, -0.2) is 0 Å². The normalized spacial score (nSPS) is 35.1. The first-order valence-corrected chi connectivity index (χ1v) is 5.95. The van der Waals surface area contributed by atoms with Crippen LogP contribution in [0, 0.1) is 17.3 Å². The van der Waals surface area contributed by atoms with Crippen LogP contribution >= 0.6 is 0 Å². The summed E-state index contributed by atoms with van der Waals surface area (Å²) in [4.78, 5) is 2.57. The minimum atomic E-state index is 0.250. The second-order valence-corrected chi connectivity index (χ2v) is 6.28. The van der Waals surface area contributed by atoms with E-state index < -0.39 is 0 Å². The van der Waals surface area contributed by atoms with Crippen molar-refractivity contribution in [1.29, 1.82) is 0 Å². The minimum absolute atomic E-state index is 0.250. The molecule has 0 bridgehead atoms. The van der Waals surface area contributed by atoms with Gasteiger partial charge in [0, 0.05) is 19.1 Å². The topological polar surface area (TPSA) is 29.3 Å². The van der Waals surface area contributed by atoms with Gasteiger partial charge in [-0.1, -0.05) is 20.8 Å². The Morgan fingerprint density at radius 2 is 2.07 bits per heavy atom. The lowest BCUT2D eigenvalue weighted by Crippen LogP contribution is -2.47. The highest BCUT2D eigenvalue weighted by Gasteiger charge is 2.41. The number of likely N-dealkylation sites (tertiary alicyclic amines) is 1. The van der Waals surface area contributed by atoms with Crippen molar-refractivity contribution in [2.24, 2.45) is 23.0 Å². The molecular weight excluding hydrogens is 172 g/mol. The molecule has 0 radical (unpaired) electrons. The molecular formula is C12H24N2. The van der Waals surface area contributed by atoms with Gasteiger partial charge in [0.05, 0.1) is 0 Å². The second-order valence-electron chi connectivity index (χ2n) is 6.28. The van der Waals surface area contributed by atoms with Crippen LogP contribution in [0.1, 0.15) is 33.6 Å². The van der Waals surface area contributed by atoms with Gasteiger partial charge in [0.15, 0.2) is 0 Å². The summed E-state index contributed by atoms with van der Waals surface area (Å²) in [6.45, 7) is 10.4. The summed E-state index contributed by atoms with van der Waals surface area (Å²) in [5.74, 6) is 2.10. The van der Waals surface area contributed by atoms with Crippen molar-refractivity contribution in [2.75, 3.05) is 19.6 Å². The van der Waals surface area contributed by atoms with E-state index in [2.05, 4.69) is 25.7 Å². The quantitative estimate of drug-likeness (QED) is 0.728. The van der Waals surface area contributed by atoms with Crippen LogP contribution in [0.4, 0.5) is 0 Å². The predicted octanol–water partition coefficient (Wildman–Crippen LogP) is 1.70. The largest absolute Gasteiger partial charge is 0.326 e. The molecule has 1 saturated carbocycles. The third kappa shape index (κ3) is 2.29. The number of rotatable bonds is 2. The zero-order chi connectivity index (χ0) is 10.3. The van der Waals surface area contributed by atoms with Crippen molar-refractivity contribution < 1.29 is 0 Å². The maximum atomic E-state index is 6.20. The van der Waals surface area contributed by atoms with Gasteiger partial charge >= 0.3 is 0 Å². The lowest BCUT2D eigenvalue weighted by molar-refractivity contribution is 0.168. The highest BCUT2D eigenvalue weighted by molar-refractivity contribution is 4.94. The molecule has 82 valence electrons. The van der Waals surface area contributed by atoms with Crippen LogP contribution in [0.15, 0.2) is 0 Å². The molecule has 2 rings (SSSR count). The number of hydrogen-bond acceptors (Lipinski definition) is 2. The maximum absolute atomic E-state index is 6.20. The van der Waals surface area contributed by atoms with E-state index in [9.17, 15) is 0 Å². The number of fused-ring (bicyclic) bond motifs is 1.